The van der Waals surface area contributed by atoms with Gasteiger partial charge in [0, 0.05) is 24.4 Å². The molecular weight excluding hydrogens is 504 g/mol. The van der Waals surface area contributed by atoms with Crippen LogP contribution in [0.15, 0.2) is 40.4 Å². The zero-order valence-corrected chi connectivity index (χ0v) is 22.3. The topological polar surface area (TPSA) is 126 Å². The Morgan fingerprint density at radius 3 is 2.58 bits per heavy atom. The van der Waals surface area contributed by atoms with Crippen molar-refractivity contribution in [2.75, 3.05) is 25.0 Å². The Labute approximate surface area is 215 Å². The molecule has 2 aromatic rings. The van der Waals surface area contributed by atoms with Gasteiger partial charge < -0.3 is 10.2 Å². The highest BCUT2D eigenvalue weighted by Gasteiger charge is 2.46. The number of hydroxylamine groups is 2. The van der Waals surface area contributed by atoms with Gasteiger partial charge in [-0.3, -0.25) is 24.1 Å². The van der Waals surface area contributed by atoms with Gasteiger partial charge in [0.05, 0.1) is 35.6 Å². The molecule has 3 atom stereocenters. The number of piperazine rings is 1. The maximum atomic E-state index is 14.0. The zero-order valence-electron chi connectivity index (χ0n) is 20.6. The molecule has 3 unspecified atom stereocenters. The summed E-state index contributed by atoms with van der Waals surface area (Å²) in [6.07, 6.45) is 2.42. The van der Waals surface area contributed by atoms with Crippen molar-refractivity contribution in [1.82, 2.24) is 19.7 Å². The maximum absolute atomic E-state index is 14.0. The number of thiol groups is 1. The second-order valence-electron chi connectivity index (χ2n) is 8.46. The summed E-state index contributed by atoms with van der Waals surface area (Å²) in [6.45, 7) is 5.17. The number of aromatic nitrogens is 2. The largest absolute Gasteiger partial charge is 0.337 e. The van der Waals surface area contributed by atoms with E-state index in [9.17, 15) is 18.0 Å². The predicted molar refractivity (Wildman–Crippen MR) is 137 cm³/mol. The van der Waals surface area contributed by atoms with E-state index in [1.165, 1.54) is 6.07 Å². The minimum absolute atomic E-state index is 0.00315. The molecule has 4 rings (SSSR count). The smallest absolute Gasteiger partial charge is 0.335 e. The fourth-order valence-corrected chi connectivity index (χ4v) is 6.66. The van der Waals surface area contributed by atoms with E-state index in [1.54, 1.807) is 42.9 Å². The van der Waals surface area contributed by atoms with E-state index < -0.39 is 27.0 Å². The number of carbonyl (C=O) groups excluding carboxylic acids is 2. The summed E-state index contributed by atoms with van der Waals surface area (Å²) in [6, 6.07) is 6.15. The Morgan fingerprint density at radius 2 is 1.92 bits per heavy atom. The van der Waals surface area contributed by atoms with E-state index >= 15 is 0 Å². The van der Waals surface area contributed by atoms with Crippen LogP contribution in [-0.4, -0.2) is 76.1 Å². The number of hydrogen-bond donors (Lipinski definition) is 2. The van der Waals surface area contributed by atoms with E-state index in [4.69, 9.17) is 22.5 Å². The number of nitrogens with zero attached hydrogens (tertiary/aromatic N) is 5. The molecule has 1 N–H and O–H groups in total. The Kier molecular flexibility index (Phi) is 7.43. The third-order valence-corrected chi connectivity index (χ3v) is 9.08. The first-order valence-electron chi connectivity index (χ1n) is 11.8. The average molecular weight is 535 g/mol. The molecule has 2 aliphatic rings. The molecule has 1 saturated heterocycles. The van der Waals surface area contributed by atoms with Crippen LogP contribution in [0.5, 0.6) is 0 Å². The van der Waals surface area contributed by atoms with Crippen molar-refractivity contribution < 1.29 is 22.8 Å². The van der Waals surface area contributed by atoms with Crippen LogP contribution in [0.25, 0.3) is 0 Å². The number of aryl methyl sites for hydroxylation is 1. The summed E-state index contributed by atoms with van der Waals surface area (Å²) >= 11 is 4.72. The lowest BCUT2D eigenvalue weighted by Crippen LogP contribution is -2.61. The molecule has 13 heteroatoms. The molecule has 11 nitrogen and oxygen atoms in total. The number of amides is 2. The molecule has 2 aliphatic heterocycles. The number of sulfone groups is 1. The van der Waals surface area contributed by atoms with Crippen LogP contribution in [-0.2, 0) is 31.3 Å². The van der Waals surface area contributed by atoms with Crippen molar-refractivity contribution in [1.29, 1.82) is 0 Å². The highest BCUT2D eigenvalue weighted by atomic mass is 32.2. The first-order valence-corrected chi connectivity index (χ1v) is 13.8. The molecule has 1 fully saturated rings. The average Bonchev–Trinajstić information content (AvgIpc) is 3.26. The maximum Gasteiger partial charge on any atom is 0.335 e. The van der Waals surface area contributed by atoms with Gasteiger partial charge in [-0.15, -0.1) is 0 Å². The number of likely N-dealkylation sites (N-methyl/N-ethyl adjacent to an activating group) is 1. The number of aliphatic imine (C=N–C) groups is 1. The van der Waals surface area contributed by atoms with Crippen molar-refractivity contribution in [2.24, 2.45) is 12.0 Å². The monoisotopic (exact) mass is 534 g/mol. The fraction of sp³-hybridized carbons (Fsp3) is 0.478. The Balaban J connectivity index is 1.80. The number of anilines is 1. The molecule has 194 valence electrons. The van der Waals surface area contributed by atoms with Crippen molar-refractivity contribution in [3.8, 4) is 0 Å². The summed E-state index contributed by atoms with van der Waals surface area (Å²) in [5.74, 6) is -1.43. The number of nitrogens with one attached hydrogen (secondary N) is 1. The fourth-order valence-electron chi connectivity index (χ4n) is 4.50. The zero-order chi connectivity index (χ0) is 26.2. The molecule has 0 bridgehead atoms. The first kappa shape index (κ1) is 26.2. The van der Waals surface area contributed by atoms with Crippen LogP contribution < -0.4 is 5.32 Å². The van der Waals surface area contributed by atoms with Gasteiger partial charge in [-0.1, -0.05) is 19.1 Å². The van der Waals surface area contributed by atoms with Crippen molar-refractivity contribution in [2.45, 2.75) is 48.8 Å². The molecule has 1 aromatic heterocycles. The number of fused-ring (bicyclic) bond motifs is 1. The summed E-state index contributed by atoms with van der Waals surface area (Å²) in [5.41, 5.74) is 1.95. The van der Waals surface area contributed by atoms with Crippen LogP contribution in [0.4, 0.5) is 5.69 Å². The first-order chi connectivity index (χ1) is 17.1. The molecule has 0 saturated carbocycles. The number of amidine groups is 1. The quantitative estimate of drug-likeness (QED) is 0.391. The van der Waals surface area contributed by atoms with Crippen molar-refractivity contribution in [3.05, 3.63) is 41.7 Å². The Morgan fingerprint density at radius 1 is 1.19 bits per heavy atom. The molecule has 0 radical (unpaired) electrons. The highest BCUT2D eigenvalue weighted by Crippen LogP contribution is 2.37. The van der Waals surface area contributed by atoms with Gasteiger partial charge >= 0.3 is 11.8 Å². The SMILES string of the molecule is CCON1CC(S(=O)(=O)c2ccccc2C2=NC(C(S)CC)c3c(cnn3C)N2)N(CC)C(=O)C1=O. The lowest BCUT2D eigenvalue weighted by Gasteiger charge is -2.38. The highest BCUT2D eigenvalue weighted by molar-refractivity contribution is 7.92. The lowest BCUT2D eigenvalue weighted by atomic mass is 10.0. The van der Waals surface area contributed by atoms with E-state index in [2.05, 4.69) is 10.4 Å². The third-order valence-electron chi connectivity index (χ3n) is 6.34. The van der Waals surface area contributed by atoms with E-state index in [0.717, 1.165) is 27.8 Å². The number of hydrogen-bond acceptors (Lipinski definition) is 9. The Bertz CT molecular complexity index is 1310. The van der Waals surface area contributed by atoms with Crippen LogP contribution in [0, 0.1) is 0 Å². The van der Waals surface area contributed by atoms with Gasteiger partial charge in [0.15, 0.2) is 5.37 Å². The van der Waals surface area contributed by atoms with Gasteiger partial charge in [-0.05, 0) is 32.4 Å². The molecule has 36 heavy (non-hydrogen) atoms. The number of benzene rings is 1. The van der Waals surface area contributed by atoms with E-state index in [-0.39, 0.29) is 35.9 Å². The summed E-state index contributed by atoms with van der Waals surface area (Å²) in [7, 11) is -2.33. The minimum atomic E-state index is -4.16. The van der Waals surface area contributed by atoms with Gasteiger partial charge in [-0.25, -0.2) is 13.5 Å². The minimum Gasteiger partial charge on any atom is -0.337 e. The predicted octanol–water partition coefficient (Wildman–Crippen LogP) is 1.78. The Hall–Kier alpha value is -2.90. The lowest BCUT2D eigenvalue weighted by molar-refractivity contribution is -0.199. The molecule has 0 aliphatic carbocycles. The van der Waals surface area contributed by atoms with E-state index in [0.29, 0.717) is 11.4 Å². The van der Waals surface area contributed by atoms with Gasteiger partial charge in [0.2, 0.25) is 9.84 Å². The summed E-state index contributed by atoms with van der Waals surface area (Å²) in [4.78, 5) is 36.4. The van der Waals surface area contributed by atoms with Gasteiger partial charge in [0.1, 0.15) is 11.9 Å². The molecular formula is C23H30N6O5S2. The second-order valence-corrected chi connectivity index (χ2v) is 11.2. The van der Waals surface area contributed by atoms with E-state index in [1.807, 2.05) is 14.0 Å². The van der Waals surface area contributed by atoms with Crippen LogP contribution >= 0.6 is 12.6 Å². The third kappa shape index (κ3) is 4.39. The van der Waals surface area contributed by atoms with Crippen molar-refractivity contribution >= 4 is 45.8 Å². The van der Waals surface area contributed by atoms with Crippen LogP contribution in [0.2, 0.25) is 0 Å². The molecule has 1 aromatic carbocycles. The molecule has 2 amide bonds. The number of carbonyl (C=O) groups is 2. The molecule has 0 spiro atoms. The normalized spacial score (nSPS) is 21.2. The second kappa shape index (κ2) is 10.2. The standard InChI is InChI=1S/C23H30N6O5S2/c1-5-16(35)19-20-15(12-24-27(20)4)25-21(26-19)14-10-8-9-11-17(14)36(32,33)18-13-29(34-7-3)23(31)22(30)28(18)6-2/h8-12,16,18-19,35H,5-7,13H2,1-4H3,(H,25,26). The number of rotatable bonds is 8. The summed E-state index contributed by atoms with van der Waals surface area (Å²) < 4.78 is 29.8. The van der Waals surface area contributed by atoms with Crippen molar-refractivity contribution in [3.63, 3.8) is 0 Å². The van der Waals surface area contributed by atoms with Gasteiger partial charge in [-0.2, -0.15) is 17.7 Å². The van der Waals surface area contributed by atoms with Crippen LogP contribution in [0.1, 0.15) is 44.5 Å². The summed E-state index contributed by atoms with van der Waals surface area (Å²) in [5, 5.41) is 6.96. The van der Waals surface area contributed by atoms with Gasteiger partial charge in [0.25, 0.3) is 0 Å². The van der Waals surface area contributed by atoms with Crippen LogP contribution in [0.3, 0.4) is 0 Å². The molecule has 3 heterocycles.